The quantitative estimate of drug-likeness (QED) is 0.825. The summed E-state index contributed by atoms with van der Waals surface area (Å²) in [6.07, 6.45) is 4.86. The molecule has 2 aromatic rings. The summed E-state index contributed by atoms with van der Waals surface area (Å²) in [5, 5.41) is 14.8. The third-order valence-electron chi connectivity index (χ3n) is 3.44. The van der Waals surface area contributed by atoms with E-state index in [2.05, 4.69) is 20.6 Å². The van der Waals surface area contributed by atoms with Gasteiger partial charge in [-0.1, -0.05) is 0 Å². The lowest BCUT2D eigenvalue weighted by atomic mass is 10.1. The number of aromatic nitrogens is 2. The minimum absolute atomic E-state index is 0.0237. The molecule has 0 atom stereocenters. The molecule has 7 heteroatoms. The van der Waals surface area contributed by atoms with E-state index in [1.165, 1.54) is 19.3 Å². The molecule has 2 heterocycles. The number of anilines is 3. The Labute approximate surface area is 132 Å². The molecule has 2 aromatic heterocycles. The number of rotatable bonds is 5. The van der Waals surface area contributed by atoms with E-state index in [9.17, 15) is 9.18 Å². The van der Waals surface area contributed by atoms with Gasteiger partial charge >= 0.3 is 0 Å². The maximum atomic E-state index is 13.9. The zero-order valence-electron chi connectivity index (χ0n) is 12.4. The van der Waals surface area contributed by atoms with Crippen LogP contribution in [0.3, 0.4) is 0 Å². The van der Waals surface area contributed by atoms with Crippen molar-refractivity contribution in [1.82, 2.24) is 9.97 Å². The lowest BCUT2D eigenvalue weighted by molar-refractivity contribution is 0.101. The number of Topliss-reactive ketones (excluding diaryl/α,β-unsaturated/α-hetero) is 1. The van der Waals surface area contributed by atoms with E-state index in [1.807, 2.05) is 6.07 Å². The van der Waals surface area contributed by atoms with E-state index in [-0.39, 0.29) is 17.2 Å². The average molecular weight is 311 g/mol. The molecular weight excluding hydrogens is 297 g/mol. The summed E-state index contributed by atoms with van der Waals surface area (Å²) in [6.45, 7) is 1.48. The molecule has 0 spiro atoms. The van der Waals surface area contributed by atoms with Crippen molar-refractivity contribution in [1.29, 1.82) is 5.26 Å². The Morgan fingerprint density at radius 1 is 1.35 bits per heavy atom. The molecule has 3 rings (SSSR count). The largest absolute Gasteiger partial charge is 0.382 e. The number of hydrogen-bond donors (Lipinski definition) is 2. The topological polar surface area (TPSA) is 90.7 Å². The molecule has 0 amide bonds. The van der Waals surface area contributed by atoms with Crippen LogP contribution in [0.5, 0.6) is 0 Å². The van der Waals surface area contributed by atoms with Crippen LogP contribution >= 0.6 is 0 Å². The summed E-state index contributed by atoms with van der Waals surface area (Å²) < 4.78 is 13.9. The van der Waals surface area contributed by atoms with E-state index in [0.29, 0.717) is 23.1 Å². The van der Waals surface area contributed by atoms with E-state index < -0.39 is 5.82 Å². The predicted molar refractivity (Wildman–Crippen MR) is 83.1 cm³/mol. The Hall–Kier alpha value is -3.01. The van der Waals surface area contributed by atoms with Gasteiger partial charge in [-0.2, -0.15) is 5.26 Å². The van der Waals surface area contributed by atoms with Crippen LogP contribution in [0.1, 0.15) is 35.7 Å². The van der Waals surface area contributed by atoms with Crippen LogP contribution in [-0.2, 0) is 0 Å². The highest BCUT2D eigenvalue weighted by Gasteiger charge is 2.23. The van der Waals surface area contributed by atoms with Gasteiger partial charge in [0.25, 0.3) is 0 Å². The number of nitrogens with one attached hydrogen (secondary N) is 2. The Morgan fingerprint density at radius 2 is 2.13 bits per heavy atom. The highest BCUT2D eigenvalue weighted by molar-refractivity contribution is 5.99. The zero-order valence-corrected chi connectivity index (χ0v) is 12.4. The van der Waals surface area contributed by atoms with Crippen molar-refractivity contribution in [2.45, 2.75) is 25.8 Å². The first-order valence-corrected chi connectivity index (χ1v) is 7.17. The lowest BCUT2D eigenvalue weighted by Crippen LogP contribution is -2.09. The fraction of sp³-hybridized carbons (Fsp3) is 0.250. The number of carbonyl (C=O) groups excluding carboxylic acids is 1. The van der Waals surface area contributed by atoms with Gasteiger partial charge in [-0.3, -0.25) is 4.79 Å². The van der Waals surface area contributed by atoms with Crippen molar-refractivity contribution in [3.8, 4) is 6.07 Å². The molecule has 2 N–H and O–H groups in total. The van der Waals surface area contributed by atoms with Crippen LogP contribution in [0, 0.1) is 17.1 Å². The van der Waals surface area contributed by atoms with Crippen LogP contribution in [0.4, 0.5) is 21.7 Å². The number of nitrogens with zero attached hydrogens (tertiary/aromatic N) is 3. The Balaban J connectivity index is 1.88. The van der Waals surface area contributed by atoms with Crippen LogP contribution in [0.25, 0.3) is 0 Å². The van der Waals surface area contributed by atoms with Crippen molar-refractivity contribution in [2.24, 2.45) is 0 Å². The molecule has 0 saturated heterocycles. The maximum absolute atomic E-state index is 13.9. The first-order chi connectivity index (χ1) is 11.1. The van der Waals surface area contributed by atoms with Crippen molar-refractivity contribution in [3.05, 3.63) is 41.5 Å². The highest BCUT2D eigenvalue weighted by atomic mass is 19.1. The van der Waals surface area contributed by atoms with Crippen LogP contribution in [0.2, 0.25) is 0 Å². The molecule has 1 saturated carbocycles. The summed E-state index contributed by atoms with van der Waals surface area (Å²) in [4.78, 5) is 19.7. The van der Waals surface area contributed by atoms with Gasteiger partial charge in [-0.25, -0.2) is 14.4 Å². The van der Waals surface area contributed by atoms with Crippen molar-refractivity contribution in [3.63, 3.8) is 0 Å². The second-order valence-corrected chi connectivity index (χ2v) is 5.38. The minimum atomic E-state index is -0.641. The van der Waals surface area contributed by atoms with E-state index in [0.717, 1.165) is 18.9 Å². The van der Waals surface area contributed by atoms with Gasteiger partial charge in [-0.15, -0.1) is 0 Å². The number of nitriles is 1. The van der Waals surface area contributed by atoms with E-state index >= 15 is 0 Å². The fourth-order valence-corrected chi connectivity index (χ4v) is 2.08. The molecule has 0 radical (unpaired) electrons. The third kappa shape index (κ3) is 3.43. The Morgan fingerprint density at radius 3 is 2.74 bits per heavy atom. The molecule has 6 nitrogen and oxygen atoms in total. The van der Waals surface area contributed by atoms with Gasteiger partial charge in [0.05, 0.1) is 16.8 Å². The van der Waals surface area contributed by atoms with Crippen LogP contribution < -0.4 is 10.6 Å². The first-order valence-electron chi connectivity index (χ1n) is 7.17. The zero-order chi connectivity index (χ0) is 16.4. The fourth-order valence-electron chi connectivity index (χ4n) is 2.08. The smallest absolute Gasteiger partial charge is 0.167 e. The number of hydrogen-bond acceptors (Lipinski definition) is 6. The lowest BCUT2D eigenvalue weighted by Gasteiger charge is -2.12. The highest BCUT2D eigenvalue weighted by Crippen LogP contribution is 2.29. The second kappa shape index (κ2) is 6.01. The van der Waals surface area contributed by atoms with Gasteiger partial charge in [0.15, 0.2) is 17.4 Å². The normalized spacial score (nSPS) is 13.3. The molecule has 0 unspecified atom stereocenters. The summed E-state index contributed by atoms with van der Waals surface area (Å²) in [5.41, 5.74) is 1.31. The maximum Gasteiger partial charge on any atom is 0.167 e. The van der Waals surface area contributed by atoms with Crippen molar-refractivity contribution in [2.75, 3.05) is 10.6 Å². The van der Waals surface area contributed by atoms with Gasteiger partial charge in [0, 0.05) is 24.5 Å². The molecule has 1 aliphatic rings. The molecule has 1 fully saturated rings. The summed E-state index contributed by atoms with van der Waals surface area (Å²) in [6, 6.07) is 4.95. The van der Waals surface area contributed by atoms with Gasteiger partial charge in [0.2, 0.25) is 0 Å². The SMILES string of the molecule is CC(=O)c1cnc(Nc2ncc(C#N)cc2F)cc1NC1CC1. The van der Waals surface area contributed by atoms with Gasteiger partial charge < -0.3 is 10.6 Å². The molecule has 1 aliphatic carbocycles. The van der Waals surface area contributed by atoms with Gasteiger partial charge in [0.1, 0.15) is 11.9 Å². The van der Waals surface area contributed by atoms with Crippen LogP contribution in [0.15, 0.2) is 24.5 Å². The number of carbonyl (C=O) groups is 1. The predicted octanol–water partition coefficient (Wildman–Crippen LogP) is 3.01. The molecule has 0 bridgehead atoms. The molecule has 0 aromatic carbocycles. The standard InChI is InChI=1S/C16H14FN5O/c1-9(23)12-8-19-15(5-14(12)21-11-2-3-11)22-16-13(17)4-10(6-18)7-20-16/h4-5,7-8,11H,2-3H2,1H3,(H2,19,20,21,22). The number of halogens is 1. The van der Waals surface area contributed by atoms with Crippen molar-refractivity contribution >= 4 is 23.1 Å². The third-order valence-corrected chi connectivity index (χ3v) is 3.44. The molecule has 0 aliphatic heterocycles. The molecule has 116 valence electrons. The van der Waals surface area contributed by atoms with E-state index in [4.69, 9.17) is 5.26 Å². The minimum Gasteiger partial charge on any atom is -0.382 e. The Bertz CT molecular complexity index is 811. The van der Waals surface area contributed by atoms with Gasteiger partial charge in [-0.05, 0) is 25.8 Å². The first kappa shape index (κ1) is 14.9. The summed E-state index contributed by atoms with van der Waals surface area (Å²) >= 11 is 0. The number of pyridine rings is 2. The second-order valence-electron chi connectivity index (χ2n) is 5.38. The number of ketones is 1. The molecule has 23 heavy (non-hydrogen) atoms. The van der Waals surface area contributed by atoms with Crippen molar-refractivity contribution < 1.29 is 9.18 Å². The monoisotopic (exact) mass is 311 g/mol. The molecular formula is C16H14FN5O. The summed E-state index contributed by atoms with van der Waals surface area (Å²) in [7, 11) is 0. The van der Waals surface area contributed by atoms with E-state index in [1.54, 1.807) is 6.07 Å². The average Bonchev–Trinajstić information content (AvgIpc) is 3.33. The Kier molecular flexibility index (Phi) is 3.89. The van der Waals surface area contributed by atoms with Crippen LogP contribution in [-0.4, -0.2) is 21.8 Å². The summed E-state index contributed by atoms with van der Waals surface area (Å²) in [5.74, 6) is -0.383.